The van der Waals surface area contributed by atoms with Crippen molar-refractivity contribution in [2.45, 2.75) is 32.4 Å². The molecule has 3 heterocycles. The number of thiocarbonyl (C=S) groups is 1. The maximum Gasteiger partial charge on any atom is 0.335 e. The summed E-state index contributed by atoms with van der Waals surface area (Å²) >= 11 is 5.86. The molecular formula is C29H27N5O3S. The standard InChI is InChI=1S/C29H27N5O3S/c1-3-25(35)31-22-14-13-21(17-18(22)2)34-27(26(32-29(34)38)23-7-4-5-15-30-23)24-8-6-16-33(24)20-11-9-19(10-12-20)28(36)37/h4-17,26-27H,3H2,1-2H3,(H,31,35)(H,32,38)(H,36,37)/t26-,27+/m1/s1. The molecule has 0 unspecified atom stereocenters. The van der Waals surface area contributed by atoms with Crippen LogP contribution >= 0.6 is 12.2 Å². The molecule has 1 aliphatic rings. The first-order chi connectivity index (χ1) is 18.4. The third-order valence-corrected chi connectivity index (χ3v) is 6.97. The van der Waals surface area contributed by atoms with Gasteiger partial charge in [-0.15, -0.1) is 0 Å². The first kappa shape index (κ1) is 25.2. The molecule has 2 aromatic carbocycles. The normalized spacial score (nSPS) is 16.8. The lowest BCUT2D eigenvalue weighted by molar-refractivity contribution is -0.115. The van der Waals surface area contributed by atoms with Gasteiger partial charge in [-0.05, 0) is 91.4 Å². The van der Waals surface area contributed by atoms with Crippen molar-refractivity contribution in [1.29, 1.82) is 0 Å². The predicted octanol–water partition coefficient (Wildman–Crippen LogP) is 5.40. The molecule has 0 spiro atoms. The van der Waals surface area contributed by atoms with Gasteiger partial charge in [0.1, 0.15) is 6.04 Å². The number of nitrogens with zero attached hydrogens (tertiary/aromatic N) is 3. The second kappa shape index (κ2) is 10.5. The number of hydrogen-bond acceptors (Lipinski definition) is 4. The molecule has 3 N–H and O–H groups in total. The van der Waals surface area contributed by atoms with Crippen LogP contribution in [0.5, 0.6) is 0 Å². The van der Waals surface area contributed by atoms with Gasteiger partial charge in [0.15, 0.2) is 5.11 Å². The van der Waals surface area contributed by atoms with Crippen LogP contribution in [0.1, 0.15) is 52.7 Å². The van der Waals surface area contributed by atoms with Crippen molar-refractivity contribution in [3.63, 3.8) is 0 Å². The Kier molecular flexibility index (Phi) is 6.93. The number of anilines is 2. The Morgan fingerprint density at radius 2 is 1.82 bits per heavy atom. The van der Waals surface area contributed by atoms with Crippen LogP contribution in [0.2, 0.25) is 0 Å². The average Bonchev–Trinajstić information content (AvgIpc) is 3.54. The second-order valence-electron chi connectivity index (χ2n) is 9.05. The molecule has 9 heteroatoms. The van der Waals surface area contributed by atoms with E-state index in [-0.39, 0.29) is 23.6 Å². The Bertz CT molecular complexity index is 1500. The molecule has 5 rings (SSSR count). The van der Waals surface area contributed by atoms with Crippen LogP contribution in [0.4, 0.5) is 11.4 Å². The van der Waals surface area contributed by atoms with E-state index in [4.69, 9.17) is 12.2 Å². The highest BCUT2D eigenvalue weighted by Crippen LogP contribution is 2.42. The number of aryl methyl sites for hydroxylation is 1. The number of rotatable bonds is 7. The third-order valence-electron chi connectivity index (χ3n) is 6.66. The van der Waals surface area contributed by atoms with Crippen LogP contribution in [0.25, 0.3) is 5.69 Å². The SMILES string of the molecule is CCC(=O)Nc1ccc(N2C(=S)N[C@H](c3ccccn3)[C@@H]2c2cccn2-c2ccc(C(=O)O)cc2)cc1C. The minimum absolute atomic E-state index is 0.0425. The Morgan fingerprint density at radius 3 is 2.47 bits per heavy atom. The molecule has 1 fully saturated rings. The zero-order chi connectivity index (χ0) is 26.8. The van der Waals surface area contributed by atoms with Gasteiger partial charge in [-0.3, -0.25) is 9.78 Å². The average molecular weight is 526 g/mol. The first-order valence-electron chi connectivity index (χ1n) is 12.3. The summed E-state index contributed by atoms with van der Waals surface area (Å²) in [6.45, 7) is 3.78. The topological polar surface area (TPSA) is 99.5 Å². The third kappa shape index (κ3) is 4.76. The Labute approximate surface area is 225 Å². The van der Waals surface area contributed by atoms with Crippen LogP contribution in [-0.2, 0) is 4.79 Å². The van der Waals surface area contributed by atoms with Gasteiger partial charge in [0.25, 0.3) is 0 Å². The van der Waals surface area contributed by atoms with E-state index in [1.165, 1.54) is 0 Å². The van der Waals surface area contributed by atoms with Crippen molar-refractivity contribution >= 4 is 40.6 Å². The molecule has 1 amide bonds. The lowest BCUT2D eigenvalue weighted by atomic mass is 10.00. The minimum Gasteiger partial charge on any atom is -0.478 e. The summed E-state index contributed by atoms with van der Waals surface area (Å²) < 4.78 is 2.04. The molecular weight excluding hydrogens is 498 g/mol. The molecule has 1 saturated heterocycles. The van der Waals surface area contributed by atoms with E-state index in [1.54, 1.807) is 30.5 Å². The minimum atomic E-state index is -0.968. The van der Waals surface area contributed by atoms with Crippen molar-refractivity contribution in [2.75, 3.05) is 10.2 Å². The van der Waals surface area contributed by atoms with Gasteiger partial charge < -0.3 is 25.2 Å². The number of aromatic nitrogens is 2. The number of carbonyl (C=O) groups is 2. The van der Waals surface area contributed by atoms with Gasteiger partial charge in [-0.1, -0.05) is 13.0 Å². The number of benzene rings is 2. The van der Waals surface area contributed by atoms with E-state index in [0.29, 0.717) is 11.5 Å². The number of carbonyl (C=O) groups excluding carboxylic acids is 1. The number of carboxylic acids is 1. The summed E-state index contributed by atoms with van der Waals surface area (Å²) in [6.07, 6.45) is 4.12. The van der Waals surface area contributed by atoms with Gasteiger partial charge in [-0.25, -0.2) is 4.79 Å². The van der Waals surface area contributed by atoms with Crippen LogP contribution in [0, 0.1) is 6.92 Å². The Morgan fingerprint density at radius 1 is 1.05 bits per heavy atom. The monoisotopic (exact) mass is 525 g/mol. The zero-order valence-corrected chi connectivity index (χ0v) is 21.8. The molecule has 0 saturated carbocycles. The molecule has 0 radical (unpaired) electrons. The summed E-state index contributed by atoms with van der Waals surface area (Å²) in [5.41, 5.74) is 5.43. The fraction of sp³-hybridized carbons (Fsp3) is 0.172. The molecule has 0 bridgehead atoms. The highest BCUT2D eigenvalue weighted by atomic mass is 32.1. The lowest BCUT2D eigenvalue weighted by Gasteiger charge is -2.29. The first-order valence-corrected chi connectivity index (χ1v) is 12.7. The van der Waals surface area contributed by atoms with Gasteiger partial charge in [0.05, 0.1) is 17.3 Å². The lowest BCUT2D eigenvalue weighted by Crippen LogP contribution is -2.30. The van der Waals surface area contributed by atoms with E-state index in [1.807, 2.05) is 73.1 Å². The Balaban J connectivity index is 1.60. The Hall–Kier alpha value is -4.50. The molecule has 8 nitrogen and oxygen atoms in total. The van der Waals surface area contributed by atoms with Gasteiger partial charge in [-0.2, -0.15) is 0 Å². The number of nitrogens with one attached hydrogen (secondary N) is 2. The largest absolute Gasteiger partial charge is 0.478 e. The van der Waals surface area contributed by atoms with Crippen LogP contribution < -0.4 is 15.5 Å². The van der Waals surface area contributed by atoms with Crippen molar-refractivity contribution in [3.8, 4) is 5.69 Å². The van der Waals surface area contributed by atoms with E-state index in [9.17, 15) is 14.7 Å². The highest BCUT2D eigenvalue weighted by Gasteiger charge is 2.42. The molecule has 192 valence electrons. The molecule has 2 aromatic heterocycles. The fourth-order valence-corrected chi connectivity index (χ4v) is 5.09. The molecule has 4 aromatic rings. The van der Waals surface area contributed by atoms with E-state index in [0.717, 1.165) is 34.0 Å². The summed E-state index contributed by atoms with van der Waals surface area (Å²) in [6, 6.07) is 22.0. The number of pyridine rings is 1. The molecule has 2 atom stereocenters. The van der Waals surface area contributed by atoms with E-state index >= 15 is 0 Å². The van der Waals surface area contributed by atoms with Crippen molar-refractivity contribution in [2.24, 2.45) is 0 Å². The van der Waals surface area contributed by atoms with Crippen LogP contribution in [0.15, 0.2) is 85.2 Å². The maximum absolute atomic E-state index is 12.0. The summed E-state index contributed by atoms with van der Waals surface area (Å²) in [7, 11) is 0. The number of amides is 1. The van der Waals surface area contributed by atoms with Gasteiger partial charge >= 0.3 is 5.97 Å². The zero-order valence-electron chi connectivity index (χ0n) is 21.0. The number of carboxylic acid groups (broad SMARTS) is 1. The second-order valence-corrected chi connectivity index (χ2v) is 9.44. The smallest absolute Gasteiger partial charge is 0.335 e. The van der Waals surface area contributed by atoms with Crippen molar-refractivity contribution in [3.05, 3.63) is 108 Å². The van der Waals surface area contributed by atoms with Crippen molar-refractivity contribution < 1.29 is 14.7 Å². The van der Waals surface area contributed by atoms with E-state index in [2.05, 4.69) is 20.5 Å². The summed E-state index contributed by atoms with van der Waals surface area (Å²) in [5.74, 6) is -1.01. The number of hydrogen-bond donors (Lipinski definition) is 3. The fourth-order valence-electron chi connectivity index (χ4n) is 4.74. The van der Waals surface area contributed by atoms with Crippen LogP contribution in [0.3, 0.4) is 0 Å². The highest BCUT2D eigenvalue weighted by molar-refractivity contribution is 7.80. The van der Waals surface area contributed by atoms with Gasteiger partial charge in [0, 0.05) is 41.6 Å². The van der Waals surface area contributed by atoms with E-state index < -0.39 is 5.97 Å². The quantitative estimate of drug-likeness (QED) is 0.278. The number of aromatic carboxylic acids is 1. The molecule has 0 aliphatic carbocycles. The van der Waals surface area contributed by atoms with Crippen LogP contribution in [-0.4, -0.2) is 31.6 Å². The van der Waals surface area contributed by atoms with Crippen molar-refractivity contribution in [1.82, 2.24) is 14.9 Å². The molecule has 38 heavy (non-hydrogen) atoms. The predicted molar refractivity (Wildman–Crippen MR) is 151 cm³/mol. The summed E-state index contributed by atoms with van der Waals surface area (Å²) in [5, 5.41) is 16.3. The van der Waals surface area contributed by atoms with Gasteiger partial charge in [0.2, 0.25) is 5.91 Å². The molecule has 1 aliphatic heterocycles. The summed E-state index contributed by atoms with van der Waals surface area (Å²) in [4.78, 5) is 30.0. The maximum atomic E-state index is 12.0.